The maximum atomic E-state index is 12.0. The molecule has 0 atom stereocenters. The summed E-state index contributed by atoms with van der Waals surface area (Å²) in [5.74, 6) is -1.61. The van der Waals surface area contributed by atoms with Crippen molar-refractivity contribution in [1.29, 1.82) is 0 Å². The lowest BCUT2D eigenvalue weighted by atomic mass is 10.2. The van der Waals surface area contributed by atoms with E-state index < -0.39 is 17.7 Å². The highest BCUT2D eigenvalue weighted by Gasteiger charge is 2.13. The highest BCUT2D eigenvalue weighted by Crippen LogP contribution is 2.29. The lowest BCUT2D eigenvalue weighted by Crippen LogP contribution is -2.47. The Morgan fingerprint density at radius 1 is 0.821 bits per heavy atom. The molecule has 0 radical (unpaired) electrons. The van der Waals surface area contributed by atoms with Crippen LogP contribution in [0.4, 0.5) is 0 Å². The summed E-state index contributed by atoms with van der Waals surface area (Å²) in [6.07, 6.45) is 0. The van der Waals surface area contributed by atoms with Gasteiger partial charge >= 0.3 is 0 Å². The molecule has 2 rings (SSSR count). The topological polar surface area (TPSA) is 87.3 Å². The predicted molar refractivity (Wildman–Crippen MR) is 112 cm³/mol. The summed E-state index contributed by atoms with van der Waals surface area (Å²) in [6.45, 7) is -0.356. The average Bonchev–Trinajstić information content (AvgIpc) is 2.65. The average molecular weight is 481 g/mol. The molecule has 11 heteroatoms. The second-order valence-electron chi connectivity index (χ2n) is 5.27. The Morgan fingerprint density at radius 2 is 1.46 bits per heavy atom. The van der Waals surface area contributed by atoms with Crippen LogP contribution in [0.2, 0.25) is 20.1 Å². The van der Waals surface area contributed by atoms with E-state index in [1.165, 1.54) is 18.2 Å². The zero-order valence-corrected chi connectivity index (χ0v) is 17.9. The van der Waals surface area contributed by atoms with Crippen molar-refractivity contribution in [2.75, 3.05) is 12.3 Å². The molecule has 28 heavy (non-hydrogen) atoms. The van der Waals surface area contributed by atoms with E-state index in [4.69, 9.17) is 46.4 Å². The molecule has 0 aromatic heterocycles. The minimum absolute atomic E-state index is 0.00703. The van der Waals surface area contributed by atoms with Crippen LogP contribution in [-0.2, 0) is 9.59 Å². The summed E-state index contributed by atoms with van der Waals surface area (Å²) in [7, 11) is 0. The van der Waals surface area contributed by atoms with E-state index >= 15 is 0 Å². The summed E-state index contributed by atoms with van der Waals surface area (Å²) in [6, 6.07) is 9.27. The Balaban J connectivity index is 1.73. The number of rotatable bonds is 6. The van der Waals surface area contributed by atoms with Crippen LogP contribution in [0.15, 0.2) is 41.3 Å². The monoisotopic (exact) mass is 479 g/mol. The van der Waals surface area contributed by atoms with E-state index in [1.54, 1.807) is 18.2 Å². The fourth-order valence-corrected chi connectivity index (χ4v) is 3.67. The number of carbonyl (C=O) groups excluding carboxylic acids is 3. The van der Waals surface area contributed by atoms with Gasteiger partial charge in [0, 0.05) is 14.9 Å². The van der Waals surface area contributed by atoms with Gasteiger partial charge in [0.05, 0.1) is 27.9 Å². The van der Waals surface area contributed by atoms with Crippen molar-refractivity contribution in [1.82, 2.24) is 16.2 Å². The van der Waals surface area contributed by atoms with E-state index in [0.717, 1.165) is 11.8 Å². The molecule has 3 N–H and O–H groups in total. The van der Waals surface area contributed by atoms with Gasteiger partial charge in [0.1, 0.15) is 0 Å². The number of nitrogens with one attached hydrogen (secondary N) is 3. The highest BCUT2D eigenvalue weighted by atomic mass is 35.5. The highest BCUT2D eigenvalue weighted by molar-refractivity contribution is 8.00. The van der Waals surface area contributed by atoms with Crippen LogP contribution in [0.5, 0.6) is 0 Å². The van der Waals surface area contributed by atoms with Crippen LogP contribution in [-0.4, -0.2) is 30.0 Å². The molecular formula is C17H13Cl4N3O3S. The number of hydrogen-bond donors (Lipinski definition) is 3. The minimum atomic E-state index is -0.613. The fourth-order valence-electron chi connectivity index (χ4n) is 1.88. The molecule has 0 spiro atoms. The van der Waals surface area contributed by atoms with Crippen LogP contribution < -0.4 is 16.2 Å². The maximum Gasteiger partial charge on any atom is 0.257 e. The van der Waals surface area contributed by atoms with Crippen LogP contribution in [0, 0.1) is 0 Å². The first-order chi connectivity index (χ1) is 13.3. The third-order valence-corrected chi connectivity index (χ3v) is 5.46. The first kappa shape index (κ1) is 22.6. The summed E-state index contributed by atoms with van der Waals surface area (Å²) in [5.41, 5.74) is 4.61. The predicted octanol–water partition coefficient (Wildman–Crippen LogP) is 3.97. The molecule has 0 aliphatic heterocycles. The first-order valence-corrected chi connectivity index (χ1v) is 10.1. The van der Waals surface area contributed by atoms with E-state index in [1.807, 2.05) is 0 Å². The van der Waals surface area contributed by atoms with Gasteiger partial charge in [0.25, 0.3) is 11.8 Å². The molecule has 6 nitrogen and oxygen atoms in total. The van der Waals surface area contributed by atoms with Crippen molar-refractivity contribution in [3.8, 4) is 0 Å². The molecule has 0 heterocycles. The van der Waals surface area contributed by atoms with Crippen molar-refractivity contribution in [3.05, 3.63) is 62.1 Å². The van der Waals surface area contributed by atoms with Crippen molar-refractivity contribution in [3.63, 3.8) is 0 Å². The number of halogens is 4. The van der Waals surface area contributed by atoms with Crippen LogP contribution in [0.3, 0.4) is 0 Å². The minimum Gasteiger partial charge on any atom is -0.343 e. The normalized spacial score (nSPS) is 10.3. The van der Waals surface area contributed by atoms with Gasteiger partial charge in [-0.1, -0.05) is 46.4 Å². The molecule has 0 fully saturated rings. The summed E-state index contributed by atoms with van der Waals surface area (Å²) < 4.78 is 0. The Labute approximate surface area is 185 Å². The molecule has 0 saturated heterocycles. The van der Waals surface area contributed by atoms with E-state index in [9.17, 15) is 14.4 Å². The zero-order valence-electron chi connectivity index (χ0n) is 14.0. The van der Waals surface area contributed by atoms with Crippen molar-refractivity contribution >= 4 is 75.9 Å². The van der Waals surface area contributed by atoms with Gasteiger partial charge in [-0.25, -0.2) is 0 Å². The molecule has 2 aromatic rings. The van der Waals surface area contributed by atoms with E-state index in [-0.39, 0.29) is 22.9 Å². The van der Waals surface area contributed by atoms with Gasteiger partial charge in [-0.05, 0) is 36.4 Å². The Bertz CT molecular complexity index is 911. The SMILES string of the molecule is O=C(CNC(=O)c1ccc(Cl)cc1Cl)NNC(=O)CSc1cc(Cl)ccc1Cl. The smallest absolute Gasteiger partial charge is 0.257 e. The molecule has 0 aliphatic carbocycles. The van der Waals surface area contributed by atoms with Gasteiger partial charge in [-0.2, -0.15) is 0 Å². The van der Waals surface area contributed by atoms with Crippen molar-refractivity contribution in [2.45, 2.75) is 4.90 Å². The van der Waals surface area contributed by atoms with Gasteiger partial charge in [-0.15, -0.1) is 11.8 Å². The molecule has 148 valence electrons. The number of carbonyl (C=O) groups is 3. The van der Waals surface area contributed by atoms with Crippen molar-refractivity contribution < 1.29 is 14.4 Å². The second-order valence-corrected chi connectivity index (χ2v) is 7.97. The third kappa shape index (κ3) is 7.07. The zero-order chi connectivity index (χ0) is 20.7. The fraction of sp³-hybridized carbons (Fsp3) is 0.118. The first-order valence-electron chi connectivity index (χ1n) is 7.65. The number of thioether (sulfide) groups is 1. The van der Waals surface area contributed by atoms with Gasteiger partial charge in [-0.3, -0.25) is 25.2 Å². The van der Waals surface area contributed by atoms with Crippen LogP contribution >= 0.6 is 58.2 Å². The van der Waals surface area contributed by atoms with Crippen molar-refractivity contribution in [2.24, 2.45) is 0 Å². The van der Waals surface area contributed by atoms with Gasteiger partial charge < -0.3 is 5.32 Å². The largest absolute Gasteiger partial charge is 0.343 e. The molecular weight excluding hydrogens is 468 g/mol. The second kappa shape index (κ2) is 10.8. The molecule has 3 amide bonds. The molecule has 0 aliphatic rings. The third-order valence-electron chi connectivity index (χ3n) is 3.18. The summed E-state index contributed by atoms with van der Waals surface area (Å²) in [5, 5.41) is 3.90. The summed E-state index contributed by atoms with van der Waals surface area (Å²) in [4.78, 5) is 36.2. The number of hydrazine groups is 1. The quantitative estimate of drug-likeness (QED) is 0.431. The van der Waals surface area contributed by atoms with Gasteiger partial charge in [0.2, 0.25) is 5.91 Å². The number of hydrogen-bond acceptors (Lipinski definition) is 4. The van der Waals surface area contributed by atoms with Crippen LogP contribution in [0.1, 0.15) is 10.4 Å². The molecule has 0 saturated carbocycles. The molecule has 0 bridgehead atoms. The van der Waals surface area contributed by atoms with E-state index in [2.05, 4.69) is 16.2 Å². The number of benzene rings is 2. The lowest BCUT2D eigenvalue weighted by Gasteiger charge is -2.09. The molecule has 0 unspecified atom stereocenters. The van der Waals surface area contributed by atoms with Gasteiger partial charge in [0.15, 0.2) is 0 Å². The molecule has 2 aromatic carbocycles. The standard InChI is InChI=1S/C17H13Cl4N3O3S/c18-9-1-3-11(13(21)5-9)17(27)22-7-15(25)23-24-16(26)8-28-14-6-10(19)2-4-12(14)20/h1-6H,7-8H2,(H,22,27)(H,23,25)(H,24,26). The Morgan fingerprint density at radius 3 is 2.18 bits per heavy atom. The lowest BCUT2D eigenvalue weighted by molar-refractivity contribution is -0.127. The van der Waals surface area contributed by atoms with E-state index in [0.29, 0.717) is 20.0 Å². The summed E-state index contributed by atoms with van der Waals surface area (Å²) >= 11 is 24.7. The Hall–Kier alpha value is -1.64. The number of amides is 3. The Kier molecular flexibility index (Phi) is 8.72. The van der Waals surface area contributed by atoms with Crippen LogP contribution in [0.25, 0.3) is 0 Å². The maximum absolute atomic E-state index is 12.0.